The Morgan fingerprint density at radius 1 is 1.11 bits per heavy atom. The summed E-state index contributed by atoms with van der Waals surface area (Å²) >= 11 is 0. The largest absolute Gasteiger partial charge is 0.441 e. The van der Waals surface area contributed by atoms with Gasteiger partial charge in [-0.15, -0.1) is 5.10 Å². The van der Waals surface area contributed by atoms with Crippen LogP contribution in [-0.4, -0.2) is 38.2 Å². The van der Waals surface area contributed by atoms with E-state index in [9.17, 15) is 27.2 Å². The smallest absolute Gasteiger partial charge is 0.413 e. The number of aromatic nitrogens is 4. The molecule has 2 aromatic heterocycles. The van der Waals surface area contributed by atoms with Gasteiger partial charge in [0.15, 0.2) is 11.5 Å². The van der Waals surface area contributed by atoms with Gasteiger partial charge in [-0.25, -0.2) is 13.9 Å². The van der Waals surface area contributed by atoms with Crippen LogP contribution in [0.1, 0.15) is 37.9 Å². The summed E-state index contributed by atoms with van der Waals surface area (Å²) in [6, 6.07) is 8.99. The number of pyridine rings is 1. The summed E-state index contributed by atoms with van der Waals surface area (Å²) in [5.41, 5.74) is -1.64. The Bertz CT molecular complexity index is 1350. The number of carbonyl (C=O) groups is 2. The zero-order valence-corrected chi connectivity index (χ0v) is 19.8. The molecule has 3 saturated carbocycles. The Balaban J connectivity index is 1.23. The molecule has 0 aliphatic heterocycles. The molecule has 3 aliphatic carbocycles. The first-order valence-corrected chi connectivity index (χ1v) is 11.4. The lowest BCUT2D eigenvalue weighted by molar-refractivity contribution is -0.349. The standard InChI is InChI=1S/C24H22F4N6O3/c1-13(15-5-3-4-6-16(15)25)37-21(36)31-19-18(32-33-34(19)2)17-8-7-14(9-29-17)30-20(35)22-10-23(11-22,12-22)24(26,27)28/h3-9,13H,10-12H2,1-2H3,(H,30,35)(H,31,36)/t13-,22?,23?/m1/s1. The van der Waals surface area contributed by atoms with Gasteiger partial charge in [-0.1, -0.05) is 23.4 Å². The second-order valence-electron chi connectivity index (χ2n) is 9.58. The number of aryl methyl sites for hydroxylation is 1. The van der Waals surface area contributed by atoms with Crippen molar-refractivity contribution in [2.75, 3.05) is 10.6 Å². The zero-order chi connectivity index (χ0) is 26.6. The van der Waals surface area contributed by atoms with Crippen LogP contribution >= 0.6 is 0 Å². The third-order valence-corrected chi connectivity index (χ3v) is 7.05. The van der Waals surface area contributed by atoms with Crippen molar-refractivity contribution in [1.82, 2.24) is 20.0 Å². The highest BCUT2D eigenvalue weighted by Gasteiger charge is 2.80. The van der Waals surface area contributed by atoms with E-state index in [2.05, 4.69) is 25.9 Å². The van der Waals surface area contributed by atoms with E-state index in [1.165, 1.54) is 48.1 Å². The van der Waals surface area contributed by atoms with Crippen LogP contribution in [0.25, 0.3) is 11.4 Å². The molecular formula is C24H22F4N6O3. The van der Waals surface area contributed by atoms with Crippen LogP contribution in [0.4, 0.5) is 33.9 Å². The van der Waals surface area contributed by atoms with Crippen molar-refractivity contribution in [2.24, 2.45) is 17.9 Å². The SMILES string of the molecule is C[C@@H](OC(=O)Nc1c(-c2ccc(NC(=O)C34CC(C(F)(F)F)(C3)C4)cn2)nnn1C)c1ccccc1F. The van der Waals surface area contributed by atoms with Crippen LogP contribution in [0.2, 0.25) is 0 Å². The number of nitrogens with zero attached hydrogens (tertiary/aromatic N) is 4. The molecule has 37 heavy (non-hydrogen) atoms. The van der Waals surface area contributed by atoms with Crippen LogP contribution in [0.5, 0.6) is 0 Å². The number of nitrogens with one attached hydrogen (secondary N) is 2. The summed E-state index contributed by atoms with van der Waals surface area (Å²) in [4.78, 5) is 29.3. The van der Waals surface area contributed by atoms with Gasteiger partial charge in [-0.05, 0) is 44.4 Å². The third-order valence-electron chi connectivity index (χ3n) is 7.05. The van der Waals surface area contributed by atoms with Crippen molar-refractivity contribution in [2.45, 2.75) is 38.5 Å². The van der Waals surface area contributed by atoms with Gasteiger partial charge in [-0.3, -0.25) is 15.1 Å². The fourth-order valence-corrected chi connectivity index (χ4v) is 5.03. The highest BCUT2D eigenvalue weighted by Crippen LogP contribution is 2.78. The molecule has 0 radical (unpaired) electrons. The van der Waals surface area contributed by atoms with Gasteiger partial charge < -0.3 is 10.1 Å². The van der Waals surface area contributed by atoms with E-state index in [0.717, 1.165) is 0 Å². The van der Waals surface area contributed by atoms with Crippen molar-refractivity contribution in [3.63, 3.8) is 0 Å². The molecule has 0 spiro atoms. The van der Waals surface area contributed by atoms with Gasteiger partial charge in [-0.2, -0.15) is 13.2 Å². The third kappa shape index (κ3) is 4.17. The minimum atomic E-state index is -4.29. The molecule has 3 aliphatic rings. The van der Waals surface area contributed by atoms with E-state index in [4.69, 9.17) is 4.74 Å². The monoisotopic (exact) mass is 518 g/mol. The van der Waals surface area contributed by atoms with E-state index in [1.54, 1.807) is 13.1 Å². The Morgan fingerprint density at radius 3 is 2.43 bits per heavy atom. The lowest BCUT2D eigenvalue weighted by atomic mass is 9.34. The Labute approximate surface area is 208 Å². The number of rotatable bonds is 6. The van der Waals surface area contributed by atoms with Crippen LogP contribution < -0.4 is 10.6 Å². The minimum absolute atomic E-state index is 0.168. The molecule has 2 amide bonds. The van der Waals surface area contributed by atoms with Gasteiger partial charge >= 0.3 is 12.3 Å². The van der Waals surface area contributed by atoms with Gasteiger partial charge in [0.05, 0.1) is 28.4 Å². The highest BCUT2D eigenvalue weighted by molar-refractivity contribution is 5.98. The molecule has 0 unspecified atom stereocenters. The van der Waals surface area contributed by atoms with Crippen LogP contribution in [0.15, 0.2) is 42.6 Å². The molecule has 3 fully saturated rings. The van der Waals surface area contributed by atoms with Crippen molar-refractivity contribution in [3.05, 3.63) is 54.0 Å². The molecule has 0 saturated heterocycles. The molecule has 13 heteroatoms. The Hall–Kier alpha value is -4.03. The fraction of sp³-hybridized carbons (Fsp3) is 0.375. The average molecular weight is 518 g/mol. The van der Waals surface area contributed by atoms with E-state index in [1.807, 2.05) is 0 Å². The molecule has 3 aromatic rings. The van der Waals surface area contributed by atoms with E-state index < -0.39 is 40.9 Å². The number of ether oxygens (including phenoxy) is 1. The van der Waals surface area contributed by atoms with Gasteiger partial charge in [0, 0.05) is 12.6 Å². The minimum Gasteiger partial charge on any atom is -0.441 e. The normalized spacial score (nSPS) is 22.9. The first-order chi connectivity index (χ1) is 17.4. The van der Waals surface area contributed by atoms with Crippen LogP contribution in [0.3, 0.4) is 0 Å². The number of hydrogen-bond donors (Lipinski definition) is 2. The molecule has 9 nitrogen and oxygen atoms in total. The number of carbonyl (C=O) groups excluding carboxylic acids is 2. The summed E-state index contributed by atoms with van der Waals surface area (Å²) < 4.78 is 59.7. The van der Waals surface area contributed by atoms with Crippen LogP contribution in [-0.2, 0) is 16.6 Å². The Morgan fingerprint density at radius 2 is 1.81 bits per heavy atom. The zero-order valence-electron chi connectivity index (χ0n) is 19.8. The molecule has 6 rings (SSSR count). The fourth-order valence-electron chi connectivity index (χ4n) is 5.03. The first kappa shape index (κ1) is 24.7. The van der Waals surface area contributed by atoms with E-state index >= 15 is 0 Å². The van der Waals surface area contributed by atoms with Gasteiger partial charge in [0.1, 0.15) is 11.9 Å². The molecule has 2 heterocycles. The van der Waals surface area contributed by atoms with E-state index in [-0.39, 0.29) is 36.3 Å². The highest BCUT2D eigenvalue weighted by atomic mass is 19.4. The first-order valence-electron chi connectivity index (χ1n) is 11.4. The molecule has 1 atom stereocenters. The summed E-state index contributed by atoms with van der Waals surface area (Å²) in [6.07, 6.45) is -5.25. The second kappa shape index (κ2) is 8.53. The Kier molecular flexibility index (Phi) is 5.68. The average Bonchev–Trinajstić information content (AvgIpc) is 3.11. The van der Waals surface area contributed by atoms with Gasteiger partial charge in [0.25, 0.3) is 0 Å². The predicted octanol–water partition coefficient (Wildman–Crippen LogP) is 5.00. The molecular weight excluding hydrogens is 496 g/mol. The number of anilines is 2. The summed E-state index contributed by atoms with van der Waals surface area (Å²) in [5, 5.41) is 13.1. The van der Waals surface area contributed by atoms with Gasteiger partial charge in [0.2, 0.25) is 5.91 Å². The lowest BCUT2D eigenvalue weighted by Crippen LogP contribution is -2.71. The number of halogens is 4. The second-order valence-corrected chi connectivity index (χ2v) is 9.58. The molecule has 194 valence electrons. The number of hydrogen-bond acceptors (Lipinski definition) is 6. The molecule has 2 N–H and O–H groups in total. The topological polar surface area (TPSA) is 111 Å². The van der Waals surface area contributed by atoms with Crippen LogP contribution in [0, 0.1) is 16.6 Å². The quantitative estimate of drug-likeness (QED) is 0.445. The van der Waals surface area contributed by atoms with E-state index in [0.29, 0.717) is 11.4 Å². The summed E-state index contributed by atoms with van der Waals surface area (Å²) in [6.45, 7) is 1.53. The number of alkyl halides is 3. The summed E-state index contributed by atoms with van der Waals surface area (Å²) in [5.74, 6) is -0.793. The lowest BCUT2D eigenvalue weighted by Gasteiger charge is -2.69. The van der Waals surface area contributed by atoms with Crippen molar-refractivity contribution in [3.8, 4) is 11.4 Å². The molecule has 2 bridgehead atoms. The maximum Gasteiger partial charge on any atom is 0.413 e. The van der Waals surface area contributed by atoms with Crippen molar-refractivity contribution in [1.29, 1.82) is 0 Å². The molecule has 1 aromatic carbocycles. The van der Waals surface area contributed by atoms with Crippen molar-refractivity contribution >= 4 is 23.5 Å². The number of amides is 2. The van der Waals surface area contributed by atoms with Crippen molar-refractivity contribution < 1.29 is 31.9 Å². The maximum atomic E-state index is 14.0. The predicted molar refractivity (Wildman–Crippen MR) is 123 cm³/mol. The number of benzene rings is 1. The summed E-state index contributed by atoms with van der Waals surface area (Å²) in [7, 11) is 1.54. The maximum absolute atomic E-state index is 14.0.